The summed E-state index contributed by atoms with van der Waals surface area (Å²) in [6.07, 6.45) is 2.59. The molecule has 0 amide bonds. The number of aromatic nitrogens is 2. The van der Waals surface area contributed by atoms with Crippen LogP contribution in [0.3, 0.4) is 0 Å². The number of rotatable bonds is 2. The Morgan fingerprint density at radius 1 is 1.20 bits per heavy atom. The van der Waals surface area contributed by atoms with E-state index >= 15 is 0 Å². The third-order valence-electron chi connectivity index (χ3n) is 3.36. The van der Waals surface area contributed by atoms with Crippen molar-refractivity contribution in [1.82, 2.24) is 8.96 Å². The van der Waals surface area contributed by atoms with E-state index in [2.05, 4.69) is 4.98 Å². The van der Waals surface area contributed by atoms with Crippen LogP contribution in [0.5, 0.6) is 0 Å². The van der Waals surface area contributed by atoms with Crippen molar-refractivity contribution in [3.8, 4) is 0 Å². The number of nitrogens with zero attached hydrogens (tertiary/aromatic N) is 2. The average molecular weight is 390 g/mol. The third-order valence-corrected chi connectivity index (χ3v) is 6.26. The summed E-state index contributed by atoms with van der Waals surface area (Å²) in [5.74, 6) is -0.460. The molecule has 126 valence electrons. The molecule has 0 spiro atoms. The van der Waals surface area contributed by atoms with Crippen LogP contribution >= 0.6 is 0 Å². The Labute approximate surface area is 177 Å². The molecule has 0 fully saturated rings. The van der Waals surface area contributed by atoms with Gasteiger partial charge in [-0.2, -0.15) is 0 Å². The molecule has 0 bridgehead atoms. The van der Waals surface area contributed by atoms with E-state index in [4.69, 9.17) is 15.1 Å². The smallest absolute Gasteiger partial charge is 0.402 e. The van der Waals surface area contributed by atoms with Crippen LogP contribution in [0.1, 0.15) is 5.56 Å². The Kier molecular flexibility index (Phi) is 6.93. The normalized spacial score (nSPS) is 11.2. The molecule has 2 aromatic heterocycles. The maximum absolute atomic E-state index is 13.3. The van der Waals surface area contributed by atoms with E-state index in [-0.39, 0.29) is 59.5 Å². The Hall–Kier alpha value is -0.629. The van der Waals surface area contributed by atoms with E-state index in [1.807, 2.05) is 6.92 Å². The molecule has 2 heterocycles. The second kappa shape index (κ2) is 8.38. The number of pyridine rings is 1. The van der Waals surface area contributed by atoms with Crippen LogP contribution in [0.25, 0.3) is 11.0 Å². The standard InChI is InChI=1S/C14H10FN2O2S.BH3O3.K/c1-10-2-4-13(5-3-10)20(18,19)17-7-6-11-8-12(15)9-16-14(11)17;2-1(3)4;/h2-5,7-9H,1H3;2-4H;. The van der Waals surface area contributed by atoms with Gasteiger partial charge in [-0.05, 0) is 0 Å². The maximum atomic E-state index is 13.3. The first-order valence-electron chi connectivity index (χ1n) is 7.12. The predicted octanol–water partition coefficient (Wildman–Crippen LogP) is -0.537. The zero-order chi connectivity index (χ0) is 18.8. The number of halogens is 1. The monoisotopic (exact) mass is 390 g/mol. The molecule has 0 radical (unpaired) electrons. The Morgan fingerprint density at radius 2 is 1.76 bits per heavy atom. The van der Waals surface area contributed by atoms with Gasteiger partial charge in [-0.15, -0.1) is 0 Å². The Morgan fingerprint density at radius 3 is 2.32 bits per heavy atom. The van der Waals surface area contributed by atoms with Crippen LogP contribution in [0, 0.1) is 12.7 Å². The summed E-state index contributed by atoms with van der Waals surface area (Å²) in [6, 6.07) is 7.96. The molecule has 7 nitrogen and oxygen atoms in total. The van der Waals surface area contributed by atoms with E-state index in [1.165, 1.54) is 6.07 Å². The van der Waals surface area contributed by atoms with Crippen molar-refractivity contribution in [3.63, 3.8) is 0 Å². The Bertz CT molecular complexity index is 990. The summed E-state index contributed by atoms with van der Waals surface area (Å²) in [5, 5.41) is 22.1. The summed E-state index contributed by atoms with van der Waals surface area (Å²) in [7, 11) is -5.88. The van der Waals surface area contributed by atoms with Gasteiger partial charge in [-0.3, -0.25) is 0 Å². The van der Waals surface area contributed by atoms with E-state index in [0.29, 0.717) is 5.39 Å². The van der Waals surface area contributed by atoms with E-state index in [9.17, 15) is 12.8 Å². The van der Waals surface area contributed by atoms with Gasteiger partial charge in [0.25, 0.3) is 0 Å². The van der Waals surface area contributed by atoms with Crippen molar-refractivity contribution in [1.29, 1.82) is 0 Å². The molecule has 0 saturated heterocycles. The predicted molar refractivity (Wildman–Crippen MR) is 91.3 cm³/mol. The molecule has 0 unspecified atom stereocenters. The van der Waals surface area contributed by atoms with Crippen molar-refractivity contribution < 1.29 is 27.9 Å². The third kappa shape index (κ3) is 4.96. The summed E-state index contributed by atoms with van der Waals surface area (Å²) in [4.78, 5) is 4.15. The number of hydrogen-bond acceptors (Lipinski definition) is 6. The zero-order valence-corrected chi connectivity index (χ0v) is 17.4. The molecule has 0 atom stereocenters. The SMILES string of the molecule is Cc1ccc(S(=O)(=O)n2c[c]([K])c3cc(F)cnc32)cc1.OB(O)O. The topological polar surface area (TPSA) is 113 Å². The summed E-state index contributed by atoms with van der Waals surface area (Å²) >= 11 is 0.217. The minimum Gasteiger partial charge on any atom is -0.402 e. The van der Waals surface area contributed by atoms with Crippen molar-refractivity contribution in [2.24, 2.45) is 0 Å². The molecule has 0 aliphatic carbocycles. The molecular weight excluding hydrogens is 377 g/mol. The molecule has 11 heteroatoms. The first kappa shape index (κ1) is 20.7. The van der Waals surface area contributed by atoms with Gasteiger partial charge in [-0.25, -0.2) is 0 Å². The molecule has 25 heavy (non-hydrogen) atoms. The number of fused-ring (bicyclic) bond motifs is 1. The minimum absolute atomic E-state index is 0.198. The van der Waals surface area contributed by atoms with Crippen LogP contribution in [-0.4, -0.2) is 88.7 Å². The Balaban J connectivity index is 0.000000511. The second-order valence-corrected chi connectivity index (χ2v) is 8.79. The fourth-order valence-electron chi connectivity index (χ4n) is 2.21. The van der Waals surface area contributed by atoms with E-state index in [0.717, 1.165) is 15.4 Å². The fraction of sp³-hybridized carbons (Fsp3) is 0.0714. The molecule has 1 aromatic carbocycles. The molecule has 0 saturated carbocycles. The van der Waals surface area contributed by atoms with Crippen molar-refractivity contribution >= 4 is 77.0 Å². The van der Waals surface area contributed by atoms with Gasteiger partial charge in [0.2, 0.25) is 0 Å². The van der Waals surface area contributed by atoms with Crippen LogP contribution in [-0.2, 0) is 10.0 Å². The fourth-order valence-corrected chi connectivity index (χ4v) is 4.86. The van der Waals surface area contributed by atoms with Crippen LogP contribution in [0.2, 0.25) is 0 Å². The van der Waals surface area contributed by atoms with Crippen molar-refractivity contribution in [2.45, 2.75) is 11.8 Å². The maximum Gasteiger partial charge on any atom is 0.631 e. The van der Waals surface area contributed by atoms with Gasteiger partial charge in [0.05, 0.1) is 0 Å². The molecule has 0 aliphatic heterocycles. The van der Waals surface area contributed by atoms with Gasteiger partial charge >= 0.3 is 165 Å². The first-order chi connectivity index (χ1) is 11.6. The van der Waals surface area contributed by atoms with Gasteiger partial charge in [0.1, 0.15) is 0 Å². The quantitative estimate of drug-likeness (QED) is 0.507. The van der Waals surface area contributed by atoms with Gasteiger partial charge < -0.3 is 15.1 Å². The van der Waals surface area contributed by atoms with Gasteiger partial charge in [-0.1, -0.05) is 0 Å². The average Bonchev–Trinajstić information content (AvgIpc) is 2.84. The van der Waals surface area contributed by atoms with Crippen LogP contribution in [0.4, 0.5) is 4.39 Å². The molecule has 3 N–H and O–H groups in total. The van der Waals surface area contributed by atoms with E-state index < -0.39 is 23.2 Å². The number of hydrogen-bond donors (Lipinski definition) is 3. The van der Waals surface area contributed by atoms with Gasteiger partial charge in [0, 0.05) is 0 Å². The first-order valence-corrected chi connectivity index (χ1v) is 10.1. The van der Waals surface area contributed by atoms with Crippen LogP contribution in [0.15, 0.2) is 47.6 Å². The number of aryl methyl sites for hydroxylation is 1. The zero-order valence-electron chi connectivity index (χ0n) is 13.5. The van der Waals surface area contributed by atoms with Crippen LogP contribution < -0.4 is -0.342 Å². The number of benzene rings is 1. The van der Waals surface area contributed by atoms with Crippen molar-refractivity contribution in [2.75, 3.05) is 0 Å². The molecule has 0 aliphatic rings. The largest absolute Gasteiger partial charge is 0.631 e. The van der Waals surface area contributed by atoms with Crippen molar-refractivity contribution in [3.05, 3.63) is 54.1 Å². The van der Waals surface area contributed by atoms with E-state index in [1.54, 1.807) is 30.5 Å². The summed E-state index contributed by atoms with van der Waals surface area (Å²) in [6.45, 7) is 1.89. The summed E-state index contributed by atoms with van der Waals surface area (Å²) in [5.41, 5.74) is 1.26. The molecule has 3 rings (SSSR count). The minimum atomic E-state index is -3.71. The molecule has 3 aromatic rings. The second-order valence-electron chi connectivity index (χ2n) is 5.30. The van der Waals surface area contributed by atoms with Gasteiger partial charge in [0.15, 0.2) is 0 Å². The summed E-state index contributed by atoms with van der Waals surface area (Å²) < 4.78 is 40.7. The molecular formula is C14H13BFKN2O5S.